The van der Waals surface area contributed by atoms with Gasteiger partial charge < -0.3 is 9.88 Å². The lowest BCUT2D eigenvalue weighted by Crippen LogP contribution is -2.48. The molecule has 2 N–H and O–H groups in total. The molecule has 1 saturated heterocycles. The van der Waals surface area contributed by atoms with E-state index in [1.165, 1.54) is 0 Å². The monoisotopic (exact) mass is 355 g/mol. The number of rotatable bonds is 1. The summed E-state index contributed by atoms with van der Waals surface area (Å²) in [5.41, 5.74) is 1.84. The van der Waals surface area contributed by atoms with Crippen LogP contribution >= 0.6 is 0 Å². The molecule has 1 aliphatic carbocycles. The molecule has 1 aliphatic heterocycles. The van der Waals surface area contributed by atoms with Crippen LogP contribution in [0, 0.1) is 0 Å². The first-order chi connectivity index (χ1) is 12.3. The van der Waals surface area contributed by atoms with Crippen molar-refractivity contribution in [3.63, 3.8) is 0 Å². The van der Waals surface area contributed by atoms with Gasteiger partial charge in [0.1, 0.15) is 5.82 Å². The zero-order chi connectivity index (χ0) is 18.5. The van der Waals surface area contributed by atoms with Gasteiger partial charge in [-0.15, -0.1) is 0 Å². The normalized spacial score (nSPS) is 22.7. The number of aromatic amines is 2. The van der Waals surface area contributed by atoms with Gasteiger partial charge in [0, 0.05) is 35.7 Å². The molecule has 7 heteroatoms. The number of amides is 1. The van der Waals surface area contributed by atoms with Crippen molar-refractivity contribution in [3.05, 3.63) is 45.4 Å². The first kappa shape index (κ1) is 17.0. The van der Waals surface area contributed by atoms with Crippen molar-refractivity contribution in [2.24, 2.45) is 0 Å². The van der Waals surface area contributed by atoms with Crippen molar-refractivity contribution in [1.29, 1.82) is 0 Å². The number of nitrogens with zero attached hydrogens (tertiary/aromatic N) is 3. The van der Waals surface area contributed by atoms with Crippen LogP contribution in [0.4, 0.5) is 0 Å². The van der Waals surface area contributed by atoms with Gasteiger partial charge in [-0.2, -0.15) is 5.10 Å². The Bertz CT molecular complexity index is 894. The molecule has 2 aromatic heterocycles. The topological polar surface area (TPSA) is 94.7 Å². The van der Waals surface area contributed by atoms with Gasteiger partial charge >= 0.3 is 0 Å². The average Bonchev–Trinajstić information content (AvgIpc) is 3.23. The van der Waals surface area contributed by atoms with Gasteiger partial charge in [0.15, 0.2) is 0 Å². The fourth-order valence-corrected chi connectivity index (χ4v) is 4.26. The molecule has 4 rings (SSSR count). The molecule has 1 atom stereocenters. The second-order valence-electron chi connectivity index (χ2n) is 8.59. The second-order valence-corrected chi connectivity index (χ2v) is 8.59. The minimum absolute atomic E-state index is 0.00726. The molecule has 2 aromatic rings. The Morgan fingerprint density at radius 1 is 1.31 bits per heavy atom. The van der Waals surface area contributed by atoms with Crippen LogP contribution in [0.15, 0.2) is 17.2 Å². The maximum Gasteiger partial charge on any atom is 0.257 e. The summed E-state index contributed by atoms with van der Waals surface area (Å²) >= 11 is 0. The molecule has 2 aliphatic rings. The van der Waals surface area contributed by atoms with E-state index in [2.05, 4.69) is 36.0 Å². The lowest BCUT2D eigenvalue weighted by molar-refractivity contribution is 0.0633. The minimum Gasteiger partial charge on any atom is -0.338 e. The predicted octanol–water partition coefficient (Wildman–Crippen LogP) is 1.91. The lowest BCUT2D eigenvalue weighted by atomic mass is 9.77. The molecular weight excluding hydrogens is 330 g/mol. The van der Waals surface area contributed by atoms with Crippen LogP contribution in [-0.2, 0) is 17.3 Å². The number of carbonyl (C=O) groups excluding carboxylic acids is 1. The van der Waals surface area contributed by atoms with Crippen molar-refractivity contribution < 1.29 is 4.79 Å². The zero-order valence-electron chi connectivity index (χ0n) is 15.6. The van der Waals surface area contributed by atoms with E-state index >= 15 is 0 Å². The molecule has 1 fully saturated rings. The van der Waals surface area contributed by atoms with Gasteiger partial charge in [-0.05, 0) is 25.7 Å². The summed E-state index contributed by atoms with van der Waals surface area (Å²) in [6.07, 6.45) is 6.69. The van der Waals surface area contributed by atoms with Gasteiger partial charge in [-0.1, -0.05) is 20.8 Å². The van der Waals surface area contributed by atoms with Gasteiger partial charge in [0.25, 0.3) is 11.5 Å². The molecule has 0 aromatic carbocycles. The van der Waals surface area contributed by atoms with E-state index in [4.69, 9.17) is 4.98 Å². The van der Waals surface area contributed by atoms with E-state index in [1.807, 2.05) is 4.90 Å². The van der Waals surface area contributed by atoms with E-state index in [1.54, 1.807) is 12.4 Å². The number of aromatic nitrogens is 4. The largest absolute Gasteiger partial charge is 0.338 e. The highest BCUT2D eigenvalue weighted by Gasteiger charge is 2.46. The first-order valence-corrected chi connectivity index (χ1v) is 9.22. The summed E-state index contributed by atoms with van der Waals surface area (Å²) < 4.78 is 0. The summed E-state index contributed by atoms with van der Waals surface area (Å²) in [7, 11) is 0. The Labute approximate surface area is 152 Å². The van der Waals surface area contributed by atoms with Crippen LogP contribution in [0.25, 0.3) is 0 Å². The van der Waals surface area contributed by atoms with Gasteiger partial charge in [0.05, 0.1) is 17.5 Å². The molecular formula is C19H25N5O2. The summed E-state index contributed by atoms with van der Waals surface area (Å²) in [6, 6.07) is 0. The van der Waals surface area contributed by atoms with Gasteiger partial charge in [0.2, 0.25) is 0 Å². The Morgan fingerprint density at radius 3 is 2.81 bits per heavy atom. The quantitative estimate of drug-likeness (QED) is 0.817. The van der Waals surface area contributed by atoms with Gasteiger partial charge in [-0.25, -0.2) is 4.98 Å². The third-order valence-electron chi connectivity index (χ3n) is 5.69. The number of H-pyrrole nitrogens is 2. The third-order valence-corrected chi connectivity index (χ3v) is 5.69. The fraction of sp³-hybridized carbons (Fsp3) is 0.579. The van der Waals surface area contributed by atoms with Crippen molar-refractivity contribution >= 4 is 5.91 Å². The maximum atomic E-state index is 12.8. The van der Waals surface area contributed by atoms with Crippen molar-refractivity contribution in [3.8, 4) is 0 Å². The number of likely N-dealkylation sites (tertiary alicyclic amines) is 1. The third kappa shape index (κ3) is 2.66. The van der Waals surface area contributed by atoms with Crippen molar-refractivity contribution in [2.45, 2.75) is 57.3 Å². The van der Waals surface area contributed by atoms with E-state index in [0.717, 1.165) is 49.3 Å². The Hall–Kier alpha value is -2.44. The van der Waals surface area contributed by atoms with Crippen LogP contribution in [-0.4, -0.2) is 44.1 Å². The molecule has 0 saturated carbocycles. The molecule has 138 valence electrons. The summed E-state index contributed by atoms with van der Waals surface area (Å²) in [6.45, 7) is 7.50. The predicted molar refractivity (Wildman–Crippen MR) is 97.3 cm³/mol. The van der Waals surface area contributed by atoms with Crippen molar-refractivity contribution in [2.75, 3.05) is 13.1 Å². The van der Waals surface area contributed by atoms with E-state index in [0.29, 0.717) is 12.1 Å². The molecule has 1 unspecified atom stereocenters. The number of carbonyl (C=O) groups is 1. The van der Waals surface area contributed by atoms with Crippen LogP contribution in [0.3, 0.4) is 0 Å². The van der Waals surface area contributed by atoms with E-state index < -0.39 is 0 Å². The number of hydrogen-bond donors (Lipinski definition) is 2. The Kier molecular flexibility index (Phi) is 3.78. The standard InChI is InChI=1S/C19H25N5O2/c1-18(2,3)17-22-14-13(15(25)23-17)5-7-19(14)6-4-8-24(11-19)16(26)12-9-20-21-10-12/h9-10H,4-8,11H2,1-3H3,(H,20,21)(H,22,23,25). The van der Waals surface area contributed by atoms with E-state index in [9.17, 15) is 9.59 Å². The summed E-state index contributed by atoms with van der Waals surface area (Å²) in [5, 5.41) is 6.59. The lowest BCUT2D eigenvalue weighted by Gasteiger charge is -2.40. The van der Waals surface area contributed by atoms with Crippen LogP contribution in [0.5, 0.6) is 0 Å². The zero-order valence-corrected chi connectivity index (χ0v) is 15.6. The number of hydrogen-bond acceptors (Lipinski definition) is 4. The highest BCUT2D eigenvalue weighted by Crippen LogP contribution is 2.43. The SMILES string of the molecule is CC(C)(C)c1nc2c(c(=O)[nH]1)CCC21CCCN(C(=O)c2cn[nH]c2)C1. The minimum atomic E-state index is -0.223. The Morgan fingerprint density at radius 2 is 2.12 bits per heavy atom. The molecule has 0 bridgehead atoms. The average molecular weight is 355 g/mol. The Balaban J connectivity index is 1.72. The molecule has 1 spiro atoms. The molecule has 0 radical (unpaired) electrons. The fourth-order valence-electron chi connectivity index (χ4n) is 4.26. The molecule has 7 nitrogen and oxygen atoms in total. The van der Waals surface area contributed by atoms with Gasteiger partial charge in [-0.3, -0.25) is 14.7 Å². The second kappa shape index (κ2) is 5.79. The smallest absolute Gasteiger partial charge is 0.257 e. The molecule has 3 heterocycles. The highest BCUT2D eigenvalue weighted by atomic mass is 16.2. The first-order valence-electron chi connectivity index (χ1n) is 9.22. The van der Waals surface area contributed by atoms with Crippen LogP contribution in [0.1, 0.15) is 67.5 Å². The van der Waals surface area contributed by atoms with Crippen LogP contribution < -0.4 is 5.56 Å². The summed E-state index contributed by atoms with van der Waals surface area (Å²) in [4.78, 5) is 35.2. The maximum absolute atomic E-state index is 12.8. The highest BCUT2D eigenvalue weighted by molar-refractivity contribution is 5.93. The van der Waals surface area contributed by atoms with Crippen molar-refractivity contribution in [1.82, 2.24) is 25.1 Å². The number of nitrogens with one attached hydrogen (secondary N) is 2. The van der Waals surface area contributed by atoms with Crippen LogP contribution in [0.2, 0.25) is 0 Å². The number of piperidine rings is 1. The summed E-state index contributed by atoms with van der Waals surface area (Å²) in [5.74, 6) is 0.716. The molecule has 26 heavy (non-hydrogen) atoms. The van der Waals surface area contributed by atoms with E-state index in [-0.39, 0.29) is 22.3 Å². The number of fused-ring (bicyclic) bond motifs is 2. The molecule has 1 amide bonds.